The molecule has 1 heterocycles. The highest BCUT2D eigenvalue weighted by molar-refractivity contribution is 4.74. The van der Waals surface area contributed by atoms with Crippen LogP contribution >= 0.6 is 0 Å². The molecule has 0 aromatic carbocycles. The lowest BCUT2D eigenvalue weighted by Crippen LogP contribution is -2.26. The first-order valence-electron chi connectivity index (χ1n) is 4.98. The van der Waals surface area contributed by atoms with Crippen molar-refractivity contribution in [3.63, 3.8) is 0 Å². The van der Waals surface area contributed by atoms with E-state index < -0.39 is 0 Å². The molecule has 1 rings (SSSR count). The van der Waals surface area contributed by atoms with E-state index in [2.05, 4.69) is 28.7 Å². The van der Waals surface area contributed by atoms with Crippen molar-refractivity contribution in [3.8, 4) is 0 Å². The second-order valence-corrected chi connectivity index (χ2v) is 2.91. The molecule has 0 unspecified atom stereocenters. The highest BCUT2D eigenvalue weighted by Gasteiger charge is 1.91. The molecule has 3 nitrogen and oxygen atoms in total. The van der Waals surface area contributed by atoms with Gasteiger partial charge in [-0.15, -0.1) is 0 Å². The highest BCUT2D eigenvalue weighted by Crippen LogP contribution is 1.84. The third kappa shape index (κ3) is 6.34. The Morgan fingerprint density at radius 3 is 2.54 bits per heavy atom. The molecular formula is C10H21N3. The topological polar surface area (TPSA) is 29.9 Å². The molecule has 1 aromatic heterocycles. The molecule has 0 saturated heterocycles. The average molecular weight is 183 g/mol. The summed E-state index contributed by atoms with van der Waals surface area (Å²) in [5, 5.41) is 3.34. The molecule has 1 N–H and O–H groups in total. The zero-order chi connectivity index (χ0) is 10.1. The number of nitrogens with one attached hydrogen (secondary N) is 1. The summed E-state index contributed by atoms with van der Waals surface area (Å²) >= 11 is 0. The quantitative estimate of drug-likeness (QED) is 0.772. The van der Waals surface area contributed by atoms with E-state index in [1.165, 1.54) is 0 Å². The second-order valence-electron chi connectivity index (χ2n) is 2.91. The molecule has 0 amide bonds. The summed E-state index contributed by atoms with van der Waals surface area (Å²) in [7, 11) is 0. The van der Waals surface area contributed by atoms with Crippen molar-refractivity contribution in [3.05, 3.63) is 18.7 Å². The third-order valence-electron chi connectivity index (χ3n) is 1.48. The van der Waals surface area contributed by atoms with Crippen LogP contribution in [0.3, 0.4) is 0 Å². The van der Waals surface area contributed by atoms with Gasteiger partial charge in [0.1, 0.15) is 0 Å². The van der Waals surface area contributed by atoms with Crippen LogP contribution in [0.5, 0.6) is 0 Å². The van der Waals surface area contributed by atoms with Crippen LogP contribution in [0, 0.1) is 0 Å². The van der Waals surface area contributed by atoms with Crippen LogP contribution in [0.1, 0.15) is 27.7 Å². The maximum Gasteiger partial charge on any atom is 0.0946 e. The van der Waals surface area contributed by atoms with Crippen molar-refractivity contribution in [2.24, 2.45) is 0 Å². The maximum atomic E-state index is 3.96. The lowest BCUT2D eigenvalue weighted by atomic mass is 10.4. The Morgan fingerprint density at radius 1 is 1.38 bits per heavy atom. The van der Waals surface area contributed by atoms with Gasteiger partial charge in [-0.1, -0.05) is 27.7 Å². The molecule has 76 valence electrons. The Bertz CT molecular complexity index is 180. The van der Waals surface area contributed by atoms with Crippen molar-refractivity contribution < 1.29 is 0 Å². The van der Waals surface area contributed by atoms with Crippen molar-refractivity contribution in [2.75, 3.05) is 6.54 Å². The van der Waals surface area contributed by atoms with E-state index in [0.29, 0.717) is 6.04 Å². The van der Waals surface area contributed by atoms with Crippen LogP contribution in [0.4, 0.5) is 0 Å². The fourth-order valence-corrected chi connectivity index (χ4v) is 0.901. The molecule has 0 aliphatic heterocycles. The van der Waals surface area contributed by atoms with Gasteiger partial charge in [-0.25, -0.2) is 4.98 Å². The molecule has 0 fully saturated rings. The summed E-state index contributed by atoms with van der Waals surface area (Å²) < 4.78 is 2.06. The van der Waals surface area contributed by atoms with E-state index in [9.17, 15) is 0 Å². The van der Waals surface area contributed by atoms with Gasteiger partial charge in [0.15, 0.2) is 0 Å². The van der Waals surface area contributed by atoms with Crippen LogP contribution in [-0.2, 0) is 6.54 Å². The van der Waals surface area contributed by atoms with Gasteiger partial charge >= 0.3 is 0 Å². The smallest absolute Gasteiger partial charge is 0.0946 e. The second kappa shape index (κ2) is 7.80. The summed E-state index contributed by atoms with van der Waals surface area (Å²) in [4.78, 5) is 3.96. The predicted octanol–water partition coefficient (Wildman–Crippen LogP) is 1.91. The average Bonchev–Trinajstić information content (AvgIpc) is 2.60. The SMILES string of the molecule is CC.CC(C)NCCn1ccnc1. The van der Waals surface area contributed by atoms with E-state index in [1.54, 1.807) is 6.20 Å². The number of hydrogen-bond donors (Lipinski definition) is 1. The Labute approximate surface area is 81.2 Å². The Morgan fingerprint density at radius 2 is 2.08 bits per heavy atom. The third-order valence-corrected chi connectivity index (χ3v) is 1.48. The summed E-state index contributed by atoms with van der Waals surface area (Å²) in [6, 6.07) is 0.568. The summed E-state index contributed by atoms with van der Waals surface area (Å²) in [5.41, 5.74) is 0. The van der Waals surface area contributed by atoms with Crippen LogP contribution in [0.2, 0.25) is 0 Å². The highest BCUT2D eigenvalue weighted by atomic mass is 15.0. The minimum Gasteiger partial charge on any atom is -0.336 e. The largest absolute Gasteiger partial charge is 0.336 e. The maximum absolute atomic E-state index is 3.96. The van der Waals surface area contributed by atoms with Gasteiger partial charge in [0.2, 0.25) is 0 Å². The summed E-state index contributed by atoms with van der Waals surface area (Å²) in [6.45, 7) is 10.3. The Hall–Kier alpha value is -0.830. The summed E-state index contributed by atoms with van der Waals surface area (Å²) in [5.74, 6) is 0. The number of aromatic nitrogens is 2. The Balaban J connectivity index is 0.000000671. The number of nitrogens with zero attached hydrogens (tertiary/aromatic N) is 2. The molecular weight excluding hydrogens is 162 g/mol. The monoisotopic (exact) mass is 183 g/mol. The van der Waals surface area contributed by atoms with Crippen LogP contribution in [0.15, 0.2) is 18.7 Å². The lowest BCUT2D eigenvalue weighted by Gasteiger charge is -2.07. The predicted molar refractivity (Wildman–Crippen MR) is 56.7 cm³/mol. The summed E-state index contributed by atoms with van der Waals surface area (Å²) in [6.07, 6.45) is 5.61. The molecule has 0 bridgehead atoms. The molecule has 0 aliphatic rings. The normalized spacial score (nSPS) is 9.62. The first kappa shape index (κ1) is 12.2. The molecule has 0 atom stereocenters. The molecule has 13 heavy (non-hydrogen) atoms. The van der Waals surface area contributed by atoms with E-state index >= 15 is 0 Å². The van der Waals surface area contributed by atoms with Gasteiger partial charge in [0.25, 0.3) is 0 Å². The van der Waals surface area contributed by atoms with Crippen LogP contribution in [-0.4, -0.2) is 22.1 Å². The lowest BCUT2D eigenvalue weighted by molar-refractivity contribution is 0.541. The van der Waals surface area contributed by atoms with E-state index in [0.717, 1.165) is 13.1 Å². The van der Waals surface area contributed by atoms with Gasteiger partial charge in [-0.3, -0.25) is 0 Å². The van der Waals surface area contributed by atoms with Crippen molar-refractivity contribution in [1.82, 2.24) is 14.9 Å². The first-order chi connectivity index (χ1) is 6.29. The van der Waals surface area contributed by atoms with Crippen LogP contribution < -0.4 is 5.32 Å². The van der Waals surface area contributed by atoms with Gasteiger partial charge < -0.3 is 9.88 Å². The van der Waals surface area contributed by atoms with Gasteiger partial charge in [-0.05, 0) is 0 Å². The van der Waals surface area contributed by atoms with E-state index in [4.69, 9.17) is 0 Å². The molecule has 3 heteroatoms. The minimum absolute atomic E-state index is 0.568. The van der Waals surface area contributed by atoms with Crippen molar-refractivity contribution >= 4 is 0 Å². The zero-order valence-electron chi connectivity index (χ0n) is 9.12. The first-order valence-corrected chi connectivity index (χ1v) is 4.98. The standard InChI is InChI=1S/C8H15N3.C2H6/c1-8(2)10-4-6-11-5-3-9-7-11;1-2/h3,5,7-8,10H,4,6H2,1-2H3;1-2H3. The van der Waals surface area contributed by atoms with Crippen LogP contribution in [0.25, 0.3) is 0 Å². The van der Waals surface area contributed by atoms with E-state index in [1.807, 2.05) is 26.4 Å². The van der Waals surface area contributed by atoms with E-state index in [-0.39, 0.29) is 0 Å². The molecule has 0 saturated carbocycles. The molecule has 0 spiro atoms. The van der Waals surface area contributed by atoms with Gasteiger partial charge in [0, 0.05) is 31.5 Å². The van der Waals surface area contributed by atoms with Crippen molar-refractivity contribution in [1.29, 1.82) is 0 Å². The zero-order valence-corrected chi connectivity index (χ0v) is 9.12. The fraction of sp³-hybridized carbons (Fsp3) is 0.700. The molecule has 1 aromatic rings. The van der Waals surface area contributed by atoms with Crippen molar-refractivity contribution in [2.45, 2.75) is 40.3 Å². The van der Waals surface area contributed by atoms with Gasteiger partial charge in [0.05, 0.1) is 6.33 Å². The molecule has 0 radical (unpaired) electrons. The fourth-order valence-electron chi connectivity index (χ4n) is 0.901. The number of rotatable bonds is 4. The molecule has 0 aliphatic carbocycles. The number of imidazole rings is 1. The number of hydrogen-bond acceptors (Lipinski definition) is 2. The minimum atomic E-state index is 0.568. The Kier molecular flexibility index (Phi) is 7.30. The van der Waals surface area contributed by atoms with Gasteiger partial charge in [-0.2, -0.15) is 0 Å².